The summed E-state index contributed by atoms with van der Waals surface area (Å²) in [4.78, 5) is -0.546. The number of ether oxygens (including phenoxy) is 1. The van der Waals surface area contributed by atoms with Crippen molar-refractivity contribution in [2.24, 2.45) is 0 Å². The second-order valence-electron chi connectivity index (χ2n) is 5.69. The van der Waals surface area contributed by atoms with Crippen molar-refractivity contribution in [1.29, 1.82) is 0 Å². The molecule has 0 heterocycles. The van der Waals surface area contributed by atoms with Gasteiger partial charge in [0.2, 0.25) is 10.0 Å². The Labute approximate surface area is 151 Å². The first kappa shape index (κ1) is 18.2. The Bertz CT molecular complexity index is 878. The lowest BCUT2D eigenvalue weighted by Crippen LogP contribution is -2.35. The molecule has 25 heavy (non-hydrogen) atoms. The molecule has 0 atom stereocenters. The van der Waals surface area contributed by atoms with E-state index in [9.17, 15) is 21.6 Å². The third kappa shape index (κ3) is 4.16. The molecule has 0 radical (unpaired) electrons. The van der Waals surface area contributed by atoms with Crippen LogP contribution in [0, 0.1) is 0 Å². The molecule has 1 aliphatic rings. The van der Waals surface area contributed by atoms with Gasteiger partial charge in [-0.2, -0.15) is 0 Å². The zero-order valence-electron chi connectivity index (χ0n) is 12.7. The second-order valence-corrected chi connectivity index (χ2v) is 8.26. The molecule has 0 saturated heterocycles. The summed E-state index contributed by atoms with van der Waals surface area (Å²) < 4.78 is 70.1. The molecule has 134 valence electrons. The van der Waals surface area contributed by atoms with E-state index in [-0.39, 0.29) is 0 Å². The fourth-order valence-electron chi connectivity index (χ4n) is 2.54. The highest BCUT2D eigenvalue weighted by atomic mass is 79.9. The highest BCUT2D eigenvalue weighted by molar-refractivity contribution is 9.10. The van der Waals surface area contributed by atoms with E-state index in [0.29, 0.717) is 12.8 Å². The van der Waals surface area contributed by atoms with Crippen molar-refractivity contribution in [1.82, 2.24) is 4.72 Å². The first-order chi connectivity index (χ1) is 11.6. The summed E-state index contributed by atoms with van der Waals surface area (Å²) in [7, 11) is -4.20. The van der Waals surface area contributed by atoms with Gasteiger partial charge in [0.05, 0.1) is 5.54 Å². The minimum Gasteiger partial charge on any atom is -0.404 e. The number of hydrogen-bond acceptors (Lipinski definition) is 3. The van der Waals surface area contributed by atoms with Gasteiger partial charge in [0, 0.05) is 4.47 Å². The van der Waals surface area contributed by atoms with Gasteiger partial charge in [0.15, 0.2) is 0 Å². The van der Waals surface area contributed by atoms with Crippen molar-refractivity contribution < 1.29 is 26.3 Å². The Balaban J connectivity index is 1.92. The number of benzene rings is 2. The molecule has 0 unspecified atom stereocenters. The predicted molar refractivity (Wildman–Crippen MR) is 88.5 cm³/mol. The van der Waals surface area contributed by atoms with Gasteiger partial charge in [-0.05, 0) is 42.7 Å². The number of nitrogens with one attached hydrogen (secondary N) is 1. The van der Waals surface area contributed by atoms with E-state index in [0.717, 1.165) is 22.2 Å². The smallest absolute Gasteiger partial charge is 0.404 e. The summed E-state index contributed by atoms with van der Waals surface area (Å²) in [6, 6.07) is 11.8. The Hall–Kier alpha value is -1.58. The van der Waals surface area contributed by atoms with Crippen molar-refractivity contribution >= 4 is 26.0 Å². The monoisotopic (exact) mass is 435 g/mol. The third-order valence-corrected chi connectivity index (χ3v) is 5.95. The van der Waals surface area contributed by atoms with Gasteiger partial charge in [-0.25, -0.2) is 13.1 Å². The standard InChI is InChI=1S/C16H13BrF3NO3S/c17-12-7-5-11(6-8-12)15(9-10-15)21-25(22,23)14-4-2-1-3-13(14)24-16(18,19)20/h1-8,21H,9-10H2. The summed E-state index contributed by atoms with van der Waals surface area (Å²) in [6.45, 7) is 0. The first-order valence-corrected chi connectivity index (χ1v) is 9.54. The van der Waals surface area contributed by atoms with E-state index in [1.165, 1.54) is 12.1 Å². The lowest BCUT2D eigenvalue weighted by Gasteiger charge is -2.20. The van der Waals surface area contributed by atoms with E-state index >= 15 is 0 Å². The number of alkyl halides is 3. The van der Waals surface area contributed by atoms with E-state index < -0.39 is 32.6 Å². The van der Waals surface area contributed by atoms with Gasteiger partial charge in [-0.1, -0.05) is 40.2 Å². The number of sulfonamides is 1. The average Bonchev–Trinajstić information content (AvgIpc) is 3.26. The molecule has 0 bridgehead atoms. The molecule has 2 aromatic rings. The molecule has 1 aliphatic carbocycles. The van der Waals surface area contributed by atoms with Crippen molar-refractivity contribution in [2.45, 2.75) is 29.6 Å². The largest absolute Gasteiger partial charge is 0.573 e. The average molecular weight is 436 g/mol. The molecular weight excluding hydrogens is 423 g/mol. The second kappa shape index (κ2) is 6.30. The number of hydrogen-bond donors (Lipinski definition) is 1. The van der Waals surface area contributed by atoms with Crippen LogP contribution >= 0.6 is 15.9 Å². The summed E-state index contributed by atoms with van der Waals surface area (Å²) in [5.41, 5.74) is -0.0429. The van der Waals surface area contributed by atoms with E-state index in [2.05, 4.69) is 25.4 Å². The van der Waals surface area contributed by atoms with Gasteiger partial charge in [0.25, 0.3) is 0 Å². The fraction of sp³-hybridized carbons (Fsp3) is 0.250. The molecule has 0 spiro atoms. The van der Waals surface area contributed by atoms with Gasteiger partial charge in [-0.15, -0.1) is 13.2 Å². The van der Waals surface area contributed by atoms with Crippen LogP contribution in [0.2, 0.25) is 0 Å². The number of rotatable bonds is 5. The molecule has 3 rings (SSSR count). The highest BCUT2D eigenvalue weighted by Crippen LogP contribution is 2.47. The minimum absolute atomic E-state index is 0.546. The van der Waals surface area contributed by atoms with Crippen molar-refractivity contribution in [2.75, 3.05) is 0 Å². The van der Waals surface area contributed by atoms with Crippen LogP contribution < -0.4 is 9.46 Å². The SMILES string of the molecule is O=S(=O)(NC1(c2ccc(Br)cc2)CC1)c1ccccc1OC(F)(F)F. The van der Waals surface area contributed by atoms with Crippen LogP contribution in [-0.4, -0.2) is 14.8 Å². The molecular formula is C16H13BrF3NO3S. The van der Waals surface area contributed by atoms with Gasteiger partial charge >= 0.3 is 6.36 Å². The molecule has 0 aliphatic heterocycles. The summed E-state index contributed by atoms with van der Waals surface area (Å²) in [5.74, 6) is -0.755. The van der Waals surface area contributed by atoms with Crippen LogP contribution in [-0.2, 0) is 15.6 Å². The lowest BCUT2D eigenvalue weighted by atomic mass is 10.1. The lowest BCUT2D eigenvalue weighted by molar-refractivity contribution is -0.275. The molecule has 0 aromatic heterocycles. The predicted octanol–water partition coefficient (Wildman–Crippen LogP) is 4.32. The van der Waals surface area contributed by atoms with Gasteiger partial charge in [-0.3, -0.25) is 0 Å². The molecule has 4 nitrogen and oxygen atoms in total. The third-order valence-electron chi connectivity index (χ3n) is 3.84. The van der Waals surface area contributed by atoms with Gasteiger partial charge in [0.1, 0.15) is 10.6 Å². The zero-order chi connectivity index (χ0) is 18.3. The summed E-state index contributed by atoms with van der Waals surface area (Å²) in [6.07, 6.45) is -3.85. The van der Waals surface area contributed by atoms with Crippen molar-refractivity contribution in [3.05, 3.63) is 58.6 Å². The Morgan fingerprint density at radius 1 is 1.04 bits per heavy atom. The maximum absolute atomic E-state index is 12.7. The molecule has 1 N–H and O–H groups in total. The van der Waals surface area contributed by atoms with E-state index in [1.807, 2.05) is 0 Å². The Morgan fingerprint density at radius 2 is 1.64 bits per heavy atom. The maximum Gasteiger partial charge on any atom is 0.573 e. The number of halogens is 4. The molecule has 9 heteroatoms. The van der Waals surface area contributed by atoms with Gasteiger partial charge < -0.3 is 4.74 Å². The molecule has 1 saturated carbocycles. The fourth-order valence-corrected chi connectivity index (χ4v) is 4.38. The minimum atomic E-state index is -4.98. The van der Waals surface area contributed by atoms with Crippen LogP contribution in [0.15, 0.2) is 57.9 Å². The normalized spacial score (nSPS) is 16.5. The summed E-state index contributed by atoms with van der Waals surface area (Å²) >= 11 is 3.31. The van der Waals surface area contributed by atoms with Crippen LogP contribution in [0.4, 0.5) is 13.2 Å². The first-order valence-electron chi connectivity index (χ1n) is 7.26. The Morgan fingerprint density at radius 3 is 2.20 bits per heavy atom. The quantitative estimate of drug-likeness (QED) is 0.760. The number of para-hydroxylation sites is 1. The molecule has 0 amide bonds. The van der Waals surface area contributed by atoms with Crippen molar-refractivity contribution in [3.8, 4) is 5.75 Å². The molecule has 2 aromatic carbocycles. The van der Waals surface area contributed by atoms with E-state index in [4.69, 9.17) is 0 Å². The van der Waals surface area contributed by atoms with Crippen LogP contribution in [0.5, 0.6) is 5.75 Å². The van der Waals surface area contributed by atoms with Crippen LogP contribution in [0.25, 0.3) is 0 Å². The summed E-state index contributed by atoms with van der Waals surface area (Å²) in [5, 5.41) is 0. The maximum atomic E-state index is 12.7. The highest BCUT2D eigenvalue weighted by Gasteiger charge is 2.48. The zero-order valence-corrected chi connectivity index (χ0v) is 15.1. The Kier molecular flexibility index (Phi) is 4.59. The topological polar surface area (TPSA) is 55.4 Å². The molecule has 1 fully saturated rings. The van der Waals surface area contributed by atoms with E-state index in [1.54, 1.807) is 24.3 Å². The van der Waals surface area contributed by atoms with Crippen LogP contribution in [0.1, 0.15) is 18.4 Å². The van der Waals surface area contributed by atoms with Crippen molar-refractivity contribution in [3.63, 3.8) is 0 Å². The van der Waals surface area contributed by atoms with Crippen LogP contribution in [0.3, 0.4) is 0 Å².